The van der Waals surface area contributed by atoms with Crippen molar-refractivity contribution in [2.24, 2.45) is 0 Å². The summed E-state index contributed by atoms with van der Waals surface area (Å²) in [5.74, 6) is 0.173. The molecule has 0 amide bonds. The Morgan fingerprint density at radius 1 is 1.67 bits per heavy atom. The second-order valence-electron chi connectivity index (χ2n) is 1.84. The van der Waals surface area contributed by atoms with Crippen molar-refractivity contribution in [1.82, 2.24) is 4.98 Å². The Morgan fingerprint density at radius 3 is 2.83 bits per heavy atom. The highest BCUT2D eigenvalue weighted by molar-refractivity contribution is 14.1. The van der Waals surface area contributed by atoms with Gasteiger partial charge in [0.25, 0.3) is 6.47 Å². The number of nitrogens with one attached hydrogen (secondary N) is 1. The molecule has 6 heteroatoms. The smallest absolute Gasteiger partial charge is 0.298 e. The highest BCUT2D eigenvalue weighted by Crippen LogP contribution is 2.25. The summed E-state index contributed by atoms with van der Waals surface area (Å²) in [6.45, 7) is 0.252. The first kappa shape index (κ1) is 9.53. The van der Waals surface area contributed by atoms with Gasteiger partial charge in [0, 0.05) is 6.07 Å². The lowest BCUT2D eigenvalue weighted by Gasteiger charge is -2.01. The van der Waals surface area contributed by atoms with Crippen LogP contribution in [0.5, 0.6) is 5.75 Å². The summed E-state index contributed by atoms with van der Waals surface area (Å²) < 4.78 is 5.03. The number of aromatic amines is 1. The zero-order chi connectivity index (χ0) is 9.14. The summed E-state index contributed by atoms with van der Waals surface area (Å²) in [5.41, 5.74) is -0.331. The second-order valence-corrected chi connectivity index (χ2v) is 3.38. The van der Waals surface area contributed by atoms with Crippen molar-refractivity contribution in [1.29, 1.82) is 0 Å². The van der Waals surface area contributed by atoms with Gasteiger partial charge < -0.3 is 9.72 Å². The first-order chi connectivity index (χ1) is 5.65. The monoisotopic (exact) mass is 299 g/mol. The summed E-state index contributed by atoms with van der Waals surface area (Å²) in [7, 11) is 0. The van der Waals surface area contributed by atoms with E-state index < -0.39 is 0 Å². The topological polar surface area (TPSA) is 59.2 Å². The first-order valence-electron chi connectivity index (χ1n) is 2.83. The Kier molecular flexibility index (Phi) is 3.10. The number of ether oxygens (including phenoxy) is 1. The van der Waals surface area contributed by atoms with E-state index in [0.29, 0.717) is 3.57 Å². The SMILES string of the molecule is O=COc1c(I)cc(=O)[nH]c1Cl. The minimum absolute atomic E-state index is 0.0269. The third-order valence-electron chi connectivity index (χ3n) is 1.07. The van der Waals surface area contributed by atoms with Gasteiger partial charge in [-0.15, -0.1) is 0 Å². The van der Waals surface area contributed by atoms with E-state index in [4.69, 9.17) is 11.6 Å². The standard InChI is InChI=1S/C6H3ClINO3/c7-6-5(12-2-10)3(8)1-4(11)9-6/h1-2H,(H,9,11). The van der Waals surface area contributed by atoms with Crippen LogP contribution in [0, 0.1) is 3.57 Å². The van der Waals surface area contributed by atoms with Crippen LogP contribution in [0.2, 0.25) is 5.15 Å². The normalized spacial score (nSPS) is 9.50. The molecule has 1 heterocycles. The van der Waals surface area contributed by atoms with E-state index in [0.717, 1.165) is 0 Å². The number of hydrogen-bond donors (Lipinski definition) is 1. The molecular formula is C6H3ClINO3. The van der Waals surface area contributed by atoms with Gasteiger partial charge in [-0.25, -0.2) is 0 Å². The van der Waals surface area contributed by atoms with Gasteiger partial charge in [-0.05, 0) is 22.6 Å². The lowest BCUT2D eigenvalue weighted by atomic mass is 10.4. The predicted molar refractivity (Wildman–Crippen MR) is 51.5 cm³/mol. The molecule has 0 aliphatic rings. The van der Waals surface area contributed by atoms with E-state index in [1.165, 1.54) is 6.07 Å². The molecule has 0 bridgehead atoms. The van der Waals surface area contributed by atoms with E-state index >= 15 is 0 Å². The molecule has 1 N–H and O–H groups in total. The van der Waals surface area contributed by atoms with Crippen LogP contribution in [0.25, 0.3) is 0 Å². The summed E-state index contributed by atoms with van der Waals surface area (Å²) in [4.78, 5) is 23.1. The van der Waals surface area contributed by atoms with E-state index in [1.807, 2.05) is 22.6 Å². The molecule has 0 unspecified atom stereocenters. The number of H-pyrrole nitrogens is 1. The highest BCUT2D eigenvalue weighted by Gasteiger charge is 2.07. The number of pyridine rings is 1. The molecule has 0 fully saturated rings. The predicted octanol–water partition coefficient (Wildman–Crippen LogP) is 1.17. The minimum atomic E-state index is -0.331. The average molecular weight is 299 g/mol. The molecule has 0 aromatic carbocycles. The fourth-order valence-corrected chi connectivity index (χ4v) is 1.72. The lowest BCUT2D eigenvalue weighted by molar-refractivity contribution is -0.120. The van der Waals surface area contributed by atoms with Gasteiger partial charge in [-0.3, -0.25) is 9.59 Å². The lowest BCUT2D eigenvalue weighted by Crippen LogP contribution is -2.07. The average Bonchev–Trinajstić information content (AvgIpc) is 1.96. The fourth-order valence-electron chi connectivity index (χ4n) is 0.643. The van der Waals surface area contributed by atoms with Gasteiger partial charge in [0.15, 0.2) is 10.9 Å². The zero-order valence-corrected chi connectivity index (χ0v) is 8.55. The van der Waals surface area contributed by atoms with Crippen molar-refractivity contribution < 1.29 is 9.53 Å². The molecule has 0 aliphatic carbocycles. The molecule has 1 aromatic rings. The summed E-state index contributed by atoms with van der Waals surface area (Å²) in [5, 5.41) is 0.0269. The van der Waals surface area contributed by atoms with Crippen LogP contribution in [-0.4, -0.2) is 11.5 Å². The largest absolute Gasteiger partial charge is 0.424 e. The highest BCUT2D eigenvalue weighted by atomic mass is 127. The van der Waals surface area contributed by atoms with Crippen LogP contribution in [0.4, 0.5) is 0 Å². The number of rotatable bonds is 2. The van der Waals surface area contributed by atoms with E-state index in [9.17, 15) is 9.59 Å². The number of carbonyl (C=O) groups is 1. The van der Waals surface area contributed by atoms with Crippen LogP contribution in [-0.2, 0) is 4.79 Å². The van der Waals surface area contributed by atoms with Crippen LogP contribution in [0.3, 0.4) is 0 Å². The molecule has 0 aliphatic heterocycles. The molecule has 0 saturated carbocycles. The van der Waals surface area contributed by atoms with Gasteiger partial charge in [0.2, 0.25) is 5.56 Å². The third-order valence-corrected chi connectivity index (χ3v) is 2.14. The molecule has 1 rings (SSSR count). The van der Waals surface area contributed by atoms with Gasteiger partial charge >= 0.3 is 0 Å². The first-order valence-corrected chi connectivity index (χ1v) is 4.29. The van der Waals surface area contributed by atoms with Gasteiger partial charge in [-0.2, -0.15) is 0 Å². The molecule has 0 spiro atoms. The van der Waals surface area contributed by atoms with Gasteiger partial charge in [0.1, 0.15) is 0 Å². The maximum atomic E-state index is 10.8. The molecule has 12 heavy (non-hydrogen) atoms. The van der Waals surface area contributed by atoms with Crippen molar-refractivity contribution in [2.75, 3.05) is 0 Å². The van der Waals surface area contributed by atoms with Crippen LogP contribution in [0.1, 0.15) is 0 Å². The molecule has 0 atom stereocenters. The maximum absolute atomic E-state index is 10.8. The van der Waals surface area contributed by atoms with Crippen LogP contribution >= 0.6 is 34.2 Å². The molecule has 1 aromatic heterocycles. The van der Waals surface area contributed by atoms with Crippen molar-refractivity contribution in [2.45, 2.75) is 0 Å². The number of carbonyl (C=O) groups excluding carboxylic acids is 1. The van der Waals surface area contributed by atoms with E-state index in [1.54, 1.807) is 0 Å². The Labute approximate surface area is 86.0 Å². The fraction of sp³-hybridized carbons (Fsp3) is 0. The van der Waals surface area contributed by atoms with Crippen molar-refractivity contribution in [3.63, 3.8) is 0 Å². The third kappa shape index (κ3) is 1.98. The number of aromatic nitrogens is 1. The molecule has 64 valence electrons. The van der Waals surface area contributed by atoms with Gasteiger partial charge in [0.05, 0.1) is 3.57 Å². The second kappa shape index (κ2) is 3.90. The van der Waals surface area contributed by atoms with E-state index in [2.05, 4.69) is 9.72 Å². The molecule has 0 saturated heterocycles. The van der Waals surface area contributed by atoms with Gasteiger partial charge in [-0.1, -0.05) is 11.6 Å². The maximum Gasteiger partial charge on any atom is 0.298 e. The number of halogens is 2. The van der Waals surface area contributed by atoms with Crippen LogP contribution < -0.4 is 10.3 Å². The summed E-state index contributed by atoms with van der Waals surface area (Å²) in [6, 6.07) is 1.28. The zero-order valence-electron chi connectivity index (χ0n) is 5.64. The summed E-state index contributed by atoms with van der Waals surface area (Å²) in [6.07, 6.45) is 0. The summed E-state index contributed by atoms with van der Waals surface area (Å²) >= 11 is 7.42. The van der Waals surface area contributed by atoms with E-state index in [-0.39, 0.29) is 22.9 Å². The van der Waals surface area contributed by atoms with Crippen molar-refractivity contribution >= 4 is 40.7 Å². The Hall–Kier alpha value is -0.560. The van der Waals surface area contributed by atoms with Crippen LogP contribution in [0.15, 0.2) is 10.9 Å². The minimum Gasteiger partial charge on any atom is -0.424 e. The Balaban J connectivity index is 3.27. The molecule has 0 radical (unpaired) electrons. The molecule has 4 nitrogen and oxygen atoms in total. The van der Waals surface area contributed by atoms with Crippen molar-refractivity contribution in [3.8, 4) is 5.75 Å². The Bertz CT molecular complexity index is 336. The Morgan fingerprint density at radius 2 is 2.33 bits per heavy atom. The quantitative estimate of drug-likeness (QED) is 0.506. The number of hydrogen-bond acceptors (Lipinski definition) is 3. The molecular weight excluding hydrogens is 296 g/mol. The van der Waals surface area contributed by atoms with Crippen molar-refractivity contribution in [3.05, 3.63) is 25.1 Å².